The van der Waals surface area contributed by atoms with Gasteiger partial charge < -0.3 is 9.64 Å². The summed E-state index contributed by atoms with van der Waals surface area (Å²) in [5.74, 6) is -1.27. The zero-order valence-electron chi connectivity index (χ0n) is 11.4. The summed E-state index contributed by atoms with van der Waals surface area (Å²) in [5.41, 5.74) is 0.506. The molecule has 1 amide bonds. The number of ether oxygens (including phenoxy) is 1. The number of rotatable bonds is 4. The van der Waals surface area contributed by atoms with Crippen molar-refractivity contribution in [3.8, 4) is 0 Å². The van der Waals surface area contributed by atoms with Gasteiger partial charge in [-0.1, -0.05) is 0 Å². The van der Waals surface area contributed by atoms with E-state index in [1.807, 2.05) is 0 Å². The van der Waals surface area contributed by atoms with Crippen LogP contribution in [0.1, 0.15) is 18.4 Å². The van der Waals surface area contributed by atoms with Crippen LogP contribution < -0.4 is 0 Å². The van der Waals surface area contributed by atoms with E-state index < -0.39 is 16.9 Å². The van der Waals surface area contributed by atoms with Gasteiger partial charge in [0.05, 0.1) is 4.92 Å². The van der Waals surface area contributed by atoms with Gasteiger partial charge in [0.25, 0.3) is 5.69 Å². The van der Waals surface area contributed by atoms with Gasteiger partial charge in [-0.15, -0.1) is 0 Å². The van der Waals surface area contributed by atoms with Crippen molar-refractivity contribution >= 4 is 23.3 Å². The van der Waals surface area contributed by atoms with Crippen LogP contribution in [0.5, 0.6) is 0 Å². The first-order chi connectivity index (χ1) is 10.5. The highest BCUT2D eigenvalue weighted by Crippen LogP contribution is 2.33. The minimum atomic E-state index is -1.13. The molecule has 114 valence electrons. The Morgan fingerprint density at radius 1 is 1.27 bits per heavy atom. The van der Waals surface area contributed by atoms with Crippen LogP contribution in [0.3, 0.4) is 0 Å². The highest BCUT2D eigenvalue weighted by atomic mass is 16.6. The predicted octanol–water partition coefficient (Wildman–Crippen LogP) is 0.580. The van der Waals surface area contributed by atoms with E-state index in [2.05, 4.69) is 0 Å². The number of β-lactam (4-membered cyclic amide) rings is 1. The second-order valence-electron chi connectivity index (χ2n) is 5.26. The van der Waals surface area contributed by atoms with E-state index in [-0.39, 0.29) is 36.4 Å². The number of benzene rings is 1. The molecule has 0 N–H and O–H groups in total. The Morgan fingerprint density at radius 3 is 2.55 bits per heavy atom. The highest BCUT2D eigenvalue weighted by Gasteiger charge is 2.54. The molecule has 2 aliphatic heterocycles. The first-order valence-corrected chi connectivity index (χ1v) is 6.71. The Kier molecular flexibility index (Phi) is 3.36. The molecular weight excluding hydrogens is 292 g/mol. The summed E-state index contributed by atoms with van der Waals surface area (Å²) in [5, 5.41) is 10.5. The van der Waals surface area contributed by atoms with Crippen LogP contribution in [0.25, 0.3) is 0 Å². The van der Waals surface area contributed by atoms with Gasteiger partial charge >= 0.3 is 5.97 Å². The third kappa shape index (κ3) is 2.32. The molecule has 2 atom stereocenters. The lowest BCUT2D eigenvalue weighted by molar-refractivity contribution is -0.384. The number of nitro benzene ring substituents is 1. The number of hydrogen-bond acceptors (Lipinski definition) is 6. The molecule has 8 heteroatoms. The molecule has 8 nitrogen and oxygen atoms in total. The molecule has 0 radical (unpaired) electrons. The normalized spacial score (nSPS) is 23.0. The Labute approximate surface area is 124 Å². The van der Waals surface area contributed by atoms with E-state index in [0.717, 1.165) is 0 Å². The molecule has 0 aliphatic carbocycles. The van der Waals surface area contributed by atoms with Gasteiger partial charge in [0.1, 0.15) is 6.61 Å². The maximum Gasteiger partial charge on any atom is 0.337 e. The second-order valence-corrected chi connectivity index (χ2v) is 5.26. The minimum Gasteiger partial charge on any atom is -0.459 e. The van der Waals surface area contributed by atoms with Crippen LogP contribution in [0.2, 0.25) is 0 Å². The minimum absolute atomic E-state index is 0.0601. The lowest BCUT2D eigenvalue weighted by Crippen LogP contribution is -2.55. The zero-order chi connectivity index (χ0) is 15.9. The monoisotopic (exact) mass is 304 g/mol. The van der Waals surface area contributed by atoms with Crippen molar-refractivity contribution in [2.24, 2.45) is 0 Å². The molecule has 2 fully saturated rings. The number of esters is 1. The van der Waals surface area contributed by atoms with Crippen molar-refractivity contribution in [2.45, 2.75) is 31.5 Å². The molecule has 0 bridgehead atoms. The molecule has 2 saturated heterocycles. The fourth-order valence-corrected chi connectivity index (χ4v) is 2.71. The molecule has 2 heterocycles. The van der Waals surface area contributed by atoms with Crippen LogP contribution in [-0.4, -0.2) is 39.6 Å². The standard InChI is InChI=1S/C14H12N2O6/c17-11-5-10-6-12(18)15(10)13(11)14(19)22-7-8-1-3-9(4-2-8)16(20)21/h1-4,10,13H,5-7H2/t10-,13?/m1/s1. The number of carbonyl (C=O) groups excluding carboxylic acids is 3. The van der Waals surface area contributed by atoms with Crippen LogP contribution in [0, 0.1) is 10.1 Å². The van der Waals surface area contributed by atoms with Crippen molar-refractivity contribution in [1.29, 1.82) is 0 Å². The number of non-ortho nitro benzene ring substituents is 1. The second kappa shape index (κ2) is 5.21. The zero-order valence-corrected chi connectivity index (χ0v) is 11.4. The SMILES string of the molecule is O=C1C[C@@H]2CC(=O)N2C1C(=O)OCc1ccc([N+](=O)[O-])cc1. The van der Waals surface area contributed by atoms with E-state index in [1.54, 1.807) is 0 Å². The van der Waals surface area contributed by atoms with E-state index in [4.69, 9.17) is 4.74 Å². The third-order valence-electron chi connectivity index (χ3n) is 3.86. The Hall–Kier alpha value is -2.77. The molecule has 0 spiro atoms. The highest BCUT2D eigenvalue weighted by molar-refractivity contribution is 6.10. The average molecular weight is 304 g/mol. The van der Waals surface area contributed by atoms with Crippen LogP contribution in [0.15, 0.2) is 24.3 Å². The number of amides is 1. The van der Waals surface area contributed by atoms with E-state index in [0.29, 0.717) is 12.0 Å². The summed E-state index contributed by atoms with van der Waals surface area (Å²) in [7, 11) is 0. The summed E-state index contributed by atoms with van der Waals surface area (Å²) in [4.78, 5) is 46.5. The number of nitrogens with zero attached hydrogens (tertiary/aromatic N) is 2. The van der Waals surface area contributed by atoms with Gasteiger partial charge in [0.2, 0.25) is 5.91 Å². The van der Waals surface area contributed by atoms with Crippen LogP contribution in [-0.2, 0) is 25.7 Å². The molecule has 0 aromatic heterocycles. The summed E-state index contributed by atoms with van der Waals surface area (Å²) >= 11 is 0. The summed E-state index contributed by atoms with van der Waals surface area (Å²) in [6.07, 6.45) is 0.501. The Morgan fingerprint density at radius 2 is 1.95 bits per heavy atom. The van der Waals surface area contributed by atoms with Gasteiger partial charge in [0, 0.05) is 31.0 Å². The molecule has 1 aromatic rings. The first-order valence-electron chi connectivity index (χ1n) is 6.71. The van der Waals surface area contributed by atoms with Gasteiger partial charge in [-0.2, -0.15) is 0 Å². The number of carbonyl (C=O) groups is 3. The largest absolute Gasteiger partial charge is 0.459 e. The molecule has 3 rings (SSSR count). The third-order valence-corrected chi connectivity index (χ3v) is 3.86. The van der Waals surface area contributed by atoms with Gasteiger partial charge in [-0.05, 0) is 17.7 Å². The number of nitro groups is 1. The van der Waals surface area contributed by atoms with Crippen molar-refractivity contribution < 1.29 is 24.0 Å². The topological polar surface area (TPSA) is 107 Å². The number of hydrogen-bond donors (Lipinski definition) is 0. The van der Waals surface area contributed by atoms with Crippen LogP contribution >= 0.6 is 0 Å². The van der Waals surface area contributed by atoms with Gasteiger partial charge in [-0.3, -0.25) is 19.7 Å². The van der Waals surface area contributed by atoms with Crippen molar-refractivity contribution in [1.82, 2.24) is 4.90 Å². The Balaban J connectivity index is 1.61. The fourth-order valence-electron chi connectivity index (χ4n) is 2.71. The number of fused-ring (bicyclic) bond motifs is 1. The van der Waals surface area contributed by atoms with E-state index >= 15 is 0 Å². The number of Topliss-reactive ketones (excluding diaryl/α,β-unsaturated/α-hetero) is 1. The van der Waals surface area contributed by atoms with Crippen molar-refractivity contribution in [3.63, 3.8) is 0 Å². The predicted molar refractivity (Wildman–Crippen MR) is 71.6 cm³/mol. The molecular formula is C14H12N2O6. The van der Waals surface area contributed by atoms with E-state index in [1.165, 1.54) is 29.2 Å². The molecule has 2 aliphatic rings. The summed E-state index contributed by atoms with van der Waals surface area (Å²) in [6, 6.07) is 4.25. The van der Waals surface area contributed by atoms with Gasteiger partial charge in [0.15, 0.2) is 11.8 Å². The molecule has 0 saturated carbocycles. The van der Waals surface area contributed by atoms with Crippen molar-refractivity contribution in [3.05, 3.63) is 39.9 Å². The first kappa shape index (κ1) is 14.2. The number of ketones is 1. The molecule has 1 aromatic carbocycles. The van der Waals surface area contributed by atoms with E-state index in [9.17, 15) is 24.5 Å². The average Bonchev–Trinajstić information content (AvgIpc) is 2.76. The summed E-state index contributed by atoms with van der Waals surface area (Å²) in [6.45, 7) is -0.104. The lowest BCUT2D eigenvalue weighted by Gasteiger charge is -2.36. The smallest absolute Gasteiger partial charge is 0.337 e. The maximum atomic E-state index is 12.0. The maximum absolute atomic E-state index is 12.0. The lowest BCUT2D eigenvalue weighted by atomic mass is 10.0. The summed E-state index contributed by atoms with van der Waals surface area (Å²) < 4.78 is 5.06. The molecule has 22 heavy (non-hydrogen) atoms. The van der Waals surface area contributed by atoms with Gasteiger partial charge in [-0.25, -0.2) is 4.79 Å². The molecule has 1 unspecified atom stereocenters. The van der Waals surface area contributed by atoms with Crippen LogP contribution in [0.4, 0.5) is 5.69 Å². The van der Waals surface area contributed by atoms with Crippen molar-refractivity contribution in [2.75, 3.05) is 0 Å². The Bertz CT molecular complexity index is 668. The fraction of sp³-hybridized carbons (Fsp3) is 0.357. The quantitative estimate of drug-likeness (QED) is 0.265.